The van der Waals surface area contributed by atoms with Crippen LogP contribution >= 0.6 is 11.8 Å². The second-order valence-electron chi connectivity index (χ2n) is 5.20. The Labute approximate surface area is 124 Å². The molecule has 0 bridgehead atoms. The van der Waals surface area contributed by atoms with Crippen molar-refractivity contribution in [2.75, 3.05) is 11.6 Å². The van der Waals surface area contributed by atoms with Crippen LogP contribution in [0, 0.1) is 0 Å². The molecule has 2 aromatic carbocycles. The smallest absolute Gasteiger partial charge is 0.115 e. The van der Waals surface area contributed by atoms with E-state index in [0.29, 0.717) is 11.8 Å². The molecule has 0 amide bonds. The van der Waals surface area contributed by atoms with Crippen molar-refractivity contribution < 1.29 is 5.11 Å². The third kappa shape index (κ3) is 2.78. The minimum atomic E-state index is 0.347. The Hall–Kier alpha value is -1.61. The van der Waals surface area contributed by atoms with Crippen molar-refractivity contribution in [3.05, 3.63) is 53.6 Å². The maximum Gasteiger partial charge on any atom is 0.115 e. The van der Waals surface area contributed by atoms with E-state index in [0.717, 1.165) is 24.9 Å². The van der Waals surface area contributed by atoms with Crippen molar-refractivity contribution in [2.24, 2.45) is 0 Å². The van der Waals surface area contributed by atoms with Gasteiger partial charge in [0.15, 0.2) is 0 Å². The standard InChI is InChI=1S/C17H19NOS/c1-20-15-8-5-13(6-9-15)18-17-4-2-3-12-11-14(19)7-10-16(12)17/h5-11,17-19H,2-4H2,1H3. The van der Waals surface area contributed by atoms with E-state index < -0.39 is 0 Å². The van der Waals surface area contributed by atoms with Gasteiger partial charge in [-0.15, -0.1) is 11.8 Å². The SMILES string of the molecule is CSc1ccc(NC2CCCc3cc(O)ccc32)cc1. The molecule has 2 aromatic rings. The fourth-order valence-corrected chi connectivity index (χ4v) is 3.25. The van der Waals surface area contributed by atoms with Crippen molar-refractivity contribution in [2.45, 2.75) is 30.2 Å². The summed E-state index contributed by atoms with van der Waals surface area (Å²) in [5.41, 5.74) is 3.76. The number of hydrogen-bond acceptors (Lipinski definition) is 3. The van der Waals surface area contributed by atoms with Gasteiger partial charge in [-0.2, -0.15) is 0 Å². The van der Waals surface area contributed by atoms with Crippen LogP contribution in [-0.4, -0.2) is 11.4 Å². The van der Waals surface area contributed by atoms with Gasteiger partial charge < -0.3 is 10.4 Å². The van der Waals surface area contributed by atoms with Gasteiger partial charge in [-0.3, -0.25) is 0 Å². The topological polar surface area (TPSA) is 32.3 Å². The summed E-state index contributed by atoms with van der Waals surface area (Å²) in [5.74, 6) is 0.369. The van der Waals surface area contributed by atoms with E-state index in [1.165, 1.54) is 16.0 Å². The van der Waals surface area contributed by atoms with E-state index in [2.05, 4.69) is 41.9 Å². The number of benzene rings is 2. The van der Waals surface area contributed by atoms with Gasteiger partial charge in [0.05, 0.1) is 6.04 Å². The Balaban J connectivity index is 1.81. The minimum absolute atomic E-state index is 0.347. The van der Waals surface area contributed by atoms with Gasteiger partial charge in [0.2, 0.25) is 0 Å². The molecule has 3 heteroatoms. The molecule has 0 radical (unpaired) electrons. The summed E-state index contributed by atoms with van der Waals surface area (Å²) in [7, 11) is 0. The summed E-state index contributed by atoms with van der Waals surface area (Å²) < 4.78 is 0. The Bertz CT molecular complexity index is 594. The maximum atomic E-state index is 9.60. The first-order valence-electron chi connectivity index (χ1n) is 6.98. The van der Waals surface area contributed by atoms with Gasteiger partial charge in [-0.1, -0.05) is 6.07 Å². The number of anilines is 1. The normalized spacial score (nSPS) is 17.6. The quantitative estimate of drug-likeness (QED) is 0.808. The van der Waals surface area contributed by atoms with Crippen LogP contribution in [-0.2, 0) is 6.42 Å². The number of aryl methyl sites for hydroxylation is 1. The van der Waals surface area contributed by atoms with Gasteiger partial charge in [0.1, 0.15) is 5.75 Å². The van der Waals surface area contributed by atoms with Crippen LogP contribution in [0.3, 0.4) is 0 Å². The number of hydrogen-bond donors (Lipinski definition) is 2. The monoisotopic (exact) mass is 285 g/mol. The molecule has 2 nitrogen and oxygen atoms in total. The molecule has 0 fully saturated rings. The zero-order valence-electron chi connectivity index (χ0n) is 11.6. The number of thioether (sulfide) groups is 1. The lowest BCUT2D eigenvalue weighted by Gasteiger charge is -2.27. The average molecular weight is 285 g/mol. The maximum absolute atomic E-state index is 9.60. The number of aromatic hydroxyl groups is 1. The lowest BCUT2D eigenvalue weighted by atomic mass is 9.87. The summed E-state index contributed by atoms with van der Waals surface area (Å²) in [6.45, 7) is 0. The molecule has 0 saturated carbocycles. The average Bonchev–Trinajstić information content (AvgIpc) is 2.48. The fourth-order valence-electron chi connectivity index (χ4n) is 2.84. The zero-order chi connectivity index (χ0) is 13.9. The van der Waals surface area contributed by atoms with Crippen LogP contribution in [0.2, 0.25) is 0 Å². The molecule has 0 heterocycles. The lowest BCUT2D eigenvalue weighted by molar-refractivity contribution is 0.472. The molecule has 104 valence electrons. The molecule has 2 N–H and O–H groups in total. The minimum Gasteiger partial charge on any atom is -0.508 e. The molecule has 3 rings (SSSR count). The molecule has 0 aromatic heterocycles. The third-order valence-electron chi connectivity index (χ3n) is 3.87. The number of nitrogens with one attached hydrogen (secondary N) is 1. The van der Waals surface area contributed by atoms with E-state index in [1.807, 2.05) is 6.07 Å². The summed E-state index contributed by atoms with van der Waals surface area (Å²) in [4.78, 5) is 1.28. The number of rotatable bonds is 3. The van der Waals surface area contributed by atoms with Crippen LogP contribution in [0.5, 0.6) is 5.75 Å². The molecule has 0 spiro atoms. The second-order valence-corrected chi connectivity index (χ2v) is 6.08. The van der Waals surface area contributed by atoms with Gasteiger partial charge in [0, 0.05) is 10.6 Å². The van der Waals surface area contributed by atoms with Crippen LogP contribution in [0.25, 0.3) is 0 Å². The summed E-state index contributed by atoms with van der Waals surface area (Å²) >= 11 is 1.76. The molecular weight excluding hydrogens is 266 g/mol. The predicted molar refractivity (Wildman–Crippen MR) is 85.6 cm³/mol. The van der Waals surface area contributed by atoms with Crippen molar-refractivity contribution in [1.82, 2.24) is 0 Å². The molecular formula is C17H19NOS. The highest BCUT2D eigenvalue weighted by Gasteiger charge is 2.20. The van der Waals surface area contributed by atoms with Crippen LogP contribution < -0.4 is 5.32 Å². The first-order valence-corrected chi connectivity index (χ1v) is 8.21. The molecule has 1 atom stereocenters. The number of fused-ring (bicyclic) bond motifs is 1. The van der Waals surface area contributed by atoms with E-state index in [1.54, 1.807) is 17.8 Å². The van der Waals surface area contributed by atoms with Gasteiger partial charge >= 0.3 is 0 Å². The molecule has 1 aliphatic carbocycles. The lowest BCUT2D eigenvalue weighted by Crippen LogP contribution is -2.17. The van der Waals surface area contributed by atoms with Crippen LogP contribution in [0.15, 0.2) is 47.4 Å². The number of phenols is 1. The fraction of sp³-hybridized carbons (Fsp3) is 0.294. The van der Waals surface area contributed by atoms with Gasteiger partial charge in [-0.25, -0.2) is 0 Å². The molecule has 0 saturated heterocycles. The van der Waals surface area contributed by atoms with E-state index in [9.17, 15) is 5.11 Å². The Kier molecular flexibility index (Phi) is 3.88. The highest BCUT2D eigenvalue weighted by atomic mass is 32.2. The summed E-state index contributed by atoms with van der Waals surface area (Å²) in [5, 5.41) is 13.2. The van der Waals surface area contributed by atoms with E-state index in [-0.39, 0.29) is 0 Å². The second kappa shape index (κ2) is 5.80. The van der Waals surface area contributed by atoms with Crippen LogP contribution in [0.4, 0.5) is 5.69 Å². The van der Waals surface area contributed by atoms with Crippen molar-refractivity contribution in [3.63, 3.8) is 0 Å². The van der Waals surface area contributed by atoms with Crippen molar-refractivity contribution in [1.29, 1.82) is 0 Å². The largest absolute Gasteiger partial charge is 0.508 e. The Morgan fingerprint density at radius 1 is 1.15 bits per heavy atom. The summed E-state index contributed by atoms with van der Waals surface area (Å²) in [6.07, 6.45) is 5.46. The first kappa shape index (κ1) is 13.4. The molecule has 0 aliphatic heterocycles. The number of phenolic OH excluding ortho intramolecular Hbond substituents is 1. The zero-order valence-corrected chi connectivity index (χ0v) is 12.4. The summed E-state index contributed by atoms with van der Waals surface area (Å²) in [6, 6.07) is 14.7. The van der Waals surface area contributed by atoms with E-state index in [4.69, 9.17) is 0 Å². The predicted octanol–water partition coefficient (Wildman–Crippen LogP) is 4.60. The first-order chi connectivity index (χ1) is 9.76. The molecule has 1 unspecified atom stereocenters. The van der Waals surface area contributed by atoms with E-state index >= 15 is 0 Å². The van der Waals surface area contributed by atoms with Gasteiger partial charge in [-0.05, 0) is 73.0 Å². The Morgan fingerprint density at radius 2 is 1.95 bits per heavy atom. The van der Waals surface area contributed by atoms with Crippen molar-refractivity contribution >= 4 is 17.4 Å². The Morgan fingerprint density at radius 3 is 2.70 bits per heavy atom. The molecule has 1 aliphatic rings. The van der Waals surface area contributed by atoms with Crippen molar-refractivity contribution in [3.8, 4) is 5.75 Å². The highest BCUT2D eigenvalue weighted by Crippen LogP contribution is 2.34. The third-order valence-corrected chi connectivity index (χ3v) is 4.62. The molecule has 20 heavy (non-hydrogen) atoms. The van der Waals surface area contributed by atoms with Crippen LogP contribution in [0.1, 0.15) is 30.0 Å². The van der Waals surface area contributed by atoms with Gasteiger partial charge in [0.25, 0.3) is 0 Å². The highest BCUT2D eigenvalue weighted by molar-refractivity contribution is 7.98.